The van der Waals surface area contributed by atoms with Crippen molar-refractivity contribution in [2.75, 3.05) is 26.0 Å². The van der Waals surface area contributed by atoms with E-state index in [2.05, 4.69) is 5.32 Å². The number of anilines is 1. The molecule has 3 rings (SSSR count). The van der Waals surface area contributed by atoms with Crippen molar-refractivity contribution < 1.29 is 17.9 Å². The van der Waals surface area contributed by atoms with E-state index in [1.54, 1.807) is 30.0 Å². The Hall–Kier alpha value is -2.52. The third kappa shape index (κ3) is 6.26. The highest BCUT2D eigenvalue weighted by Gasteiger charge is 2.23. The first-order chi connectivity index (χ1) is 15.3. The number of nitrogens with zero attached hydrogens (tertiary/aromatic N) is 1. The maximum atomic E-state index is 12.8. The van der Waals surface area contributed by atoms with Gasteiger partial charge in [0.25, 0.3) is 0 Å². The SMILES string of the molecule is COc1ccc(S(=O)(=O)N(C)CC(=O)Nc2ccccc2SCc2ccc(Cl)cc2)cc1. The largest absolute Gasteiger partial charge is 0.497 e. The highest BCUT2D eigenvalue weighted by Crippen LogP contribution is 2.30. The van der Waals surface area contributed by atoms with Crippen LogP contribution in [0.4, 0.5) is 5.69 Å². The van der Waals surface area contributed by atoms with E-state index in [-0.39, 0.29) is 11.4 Å². The van der Waals surface area contributed by atoms with Gasteiger partial charge in [-0.15, -0.1) is 11.8 Å². The molecule has 0 radical (unpaired) electrons. The van der Waals surface area contributed by atoms with Crippen molar-refractivity contribution >= 4 is 45.0 Å². The molecule has 0 unspecified atom stereocenters. The number of thioether (sulfide) groups is 1. The van der Waals surface area contributed by atoms with Gasteiger partial charge in [0.2, 0.25) is 15.9 Å². The quantitative estimate of drug-likeness (QED) is 0.432. The minimum absolute atomic E-state index is 0.0903. The molecule has 0 bridgehead atoms. The van der Waals surface area contributed by atoms with Gasteiger partial charge in [-0.25, -0.2) is 8.42 Å². The number of halogens is 1. The maximum absolute atomic E-state index is 12.8. The Morgan fingerprint density at radius 1 is 1.03 bits per heavy atom. The Labute approximate surface area is 197 Å². The van der Waals surface area contributed by atoms with Crippen LogP contribution in [0, 0.1) is 0 Å². The van der Waals surface area contributed by atoms with E-state index in [9.17, 15) is 13.2 Å². The molecule has 0 aliphatic heterocycles. The van der Waals surface area contributed by atoms with Crippen LogP contribution in [-0.4, -0.2) is 39.3 Å². The smallest absolute Gasteiger partial charge is 0.243 e. The summed E-state index contributed by atoms with van der Waals surface area (Å²) in [5.74, 6) is 0.830. The van der Waals surface area contributed by atoms with E-state index in [1.165, 1.54) is 26.3 Å². The number of hydrogen-bond acceptors (Lipinski definition) is 5. The molecule has 0 aromatic heterocycles. The fourth-order valence-corrected chi connectivity index (χ4v) is 5.06. The molecule has 0 aliphatic carbocycles. The summed E-state index contributed by atoms with van der Waals surface area (Å²) in [6, 6.07) is 21.0. The van der Waals surface area contributed by atoms with Crippen molar-refractivity contribution in [3.63, 3.8) is 0 Å². The first-order valence-electron chi connectivity index (χ1n) is 9.66. The number of ether oxygens (including phenoxy) is 1. The van der Waals surface area contributed by atoms with Gasteiger partial charge >= 0.3 is 0 Å². The van der Waals surface area contributed by atoms with Crippen molar-refractivity contribution in [2.24, 2.45) is 0 Å². The molecule has 3 aromatic carbocycles. The van der Waals surface area contributed by atoms with Gasteiger partial charge in [-0.1, -0.05) is 35.9 Å². The molecule has 1 amide bonds. The zero-order valence-corrected chi connectivity index (χ0v) is 20.0. The lowest BCUT2D eigenvalue weighted by Gasteiger charge is -2.18. The van der Waals surface area contributed by atoms with Crippen LogP contribution < -0.4 is 10.1 Å². The summed E-state index contributed by atoms with van der Waals surface area (Å²) in [5, 5.41) is 3.50. The monoisotopic (exact) mass is 490 g/mol. The summed E-state index contributed by atoms with van der Waals surface area (Å²) >= 11 is 7.50. The zero-order valence-electron chi connectivity index (χ0n) is 17.6. The molecule has 1 N–H and O–H groups in total. The Bertz CT molecular complexity index is 1170. The number of amides is 1. The van der Waals surface area contributed by atoms with E-state index in [0.29, 0.717) is 22.2 Å². The van der Waals surface area contributed by atoms with E-state index in [1.807, 2.05) is 42.5 Å². The summed E-state index contributed by atoms with van der Waals surface area (Å²) in [7, 11) is -0.929. The van der Waals surface area contributed by atoms with Crippen LogP contribution in [0.5, 0.6) is 5.75 Å². The van der Waals surface area contributed by atoms with E-state index >= 15 is 0 Å². The number of likely N-dealkylation sites (N-methyl/N-ethyl adjacent to an activating group) is 1. The van der Waals surface area contributed by atoms with Crippen LogP contribution in [-0.2, 0) is 20.6 Å². The number of para-hydroxylation sites is 1. The van der Waals surface area contributed by atoms with Crippen molar-refractivity contribution in [3.8, 4) is 5.75 Å². The molecular formula is C23H23ClN2O4S2. The first kappa shape index (κ1) is 24.1. The van der Waals surface area contributed by atoms with Gasteiger partial charge < -0.3 is 10.1 Å². The second-order valence-corrected chi connectivity index (χ2v) is 10.4. The van der Waals surface area contributed by atoms with Gasteiger partial charge in [-0.2, -0.15) is 4.31 Å². The van der Waals surface area contributed by atoms with Gasteiger partial charge in [0, 0.05) is 22.7 Å². The lowest BCUT2D eigenvalue weighted by molar-refractivity contribution is -0.116. The van der Waals surface area contributed by atoms with Crippen molar-refractivity contribution in [3.05, 3.63) is 83.4 Å². The van der Waals surface area contributed by atoms with Crippen molar-refractivity contribution in [1.29, 1.82) is 0 Å². The third-order valence-electron chi connectivity index (χ3n) is 4.60. The second-order valence-electron chi connectivity index (χ2n) is 6.90. The molecule has 0 saturated carbocycles. The highest BCUT2D eigenvalue weighted by atomic mass is 35.5. The standard InChI is InChI=1S/C23H23ClN2O4S2/c1-26(32(28,29)20-13-11-19(30-2)12-14-20)15-23(27)25-21-5-3-4-6-22(21)31-16-17-7-9-18(24)10-8-17/h3-14H,15-16H2,1-2H3,(H,25,27). The molecule has 6 nitrogen and oxygen atoms in total. The van der Waals surface area contributed by atoms with Gasteiger partial charge in [0.1, 0.15) is 5.75 Å². The Morgan fingerprint density at radius 3 is 2.34 bits per heavy atom. The molecule has 168 valence electrons. The molecular weight excluding hydrogens is 468 g/mol. The number of rotatable bonds is 9. The summed E-state index contributed by atoms with van der Waals surface area (Å²) in [6.07, 6.45) is 0. The third-order valence-corrected chi connectivity index (χ3v) is 7.82. The molecule has 9 heteroatoms. The number of carbonyl (C=O) groups excluding carboxylic acids is 1. The predicted octanol–water partition coefficient (Wildman–Crippen LogP) is 4.90. The van der Waals surface area contributed by atoms with Crippen LogP contribution in [0.3, 0.4) is 0 Å². The lowest BCUT2D eigenvalue weighted by Crippen LogP contribution is -2.35. The van der Waals surface area contributed by atoms with Crippen molar-refractivity contribution in [2.45, 2.75) is 15.5 Å². The lowest BCUT2D eigenvalue weighted by atomic mass is 10.2. The fraction of sp³-hybridized carbons (Fsp3) is 0.174. The van der Waals surface area contributed by atoms with E-state index in [4.69, 9.17) is 16.3 Å². The maximum Gasteiger partial charge on any atom is 0.243 e. The summed E-state index contributed by atoms with van der Waals surface area (Å²) in [4.78, 5) is 13.6. The number of hydrogen-bond donors (Lipinski definition) is 1. The van der Waals surface area contributed by atoms with Gasteiger partial charge in [0.05, 0.1) is 24.2 Å². The minimum Gasteiger partial charge on any atom is -0.497 e. The van der Waals surface area contributed by atoms with E-state index in [0.717, 1.165) is 14.8 Å². The van der Waals surface area contributed by atoms with Crippen LogP contribution >= 0.6 is 23.4 Å². The number of benzene rings is 3. The molecule has 0 spiro atoms. The molecule has 3 aromatic rings. The minimum atomic E-state index is -3.81. The van der Waals surface area contributed by atoms with Crippen LogP contribution in [0.25, 0.3) is 0 Å². The first-order valence-corrected chi connectivity index (χ1v) is 12.5. The van der Waals surface area contributed by atoms with Gasteiger partial charge in [-0.05, 0) is 54.1 Å². The van der Waals surface area contributed by atoms with E-state index < -0.39 is 15.9 Å². The zero-order chi connectivity index (χ0) is 23.1. The predicted molar refractivity (Wildman–Crippen MR) is 129 cm³/mol. The summed E-state index contributed by atoms with van der Waals surface area (Å²) < 4.78 is 31.6. The molecule has 0 aliphatic rings. The molecule has 0 saturated heterocycles. The molecule has 0 fully saturated rings. The normalized spacial score (nSPS) is 11.4. The van der Waals surface area contributed by atoms with Crippen molar-refractivity contribution in [1.82, 2.24) is 4.31 Å². The van der Waals surface area contributed by atoms with Gasteiger partial charge in [0.15, 0.2) is 0 Å². The number of carbonyl (C=O) groups is 1. The second kappa shape index (κ2) is 10.9. The average molecular weight is 491 g/mol. The molecule has 0 heterocycles. The number of sulfonamides is 1. The van der Waals surface area contributed by atoms with Gasteiger partial charge in [-0.3, -0.25) is 4.79 Å². The molecule has 0 atom stereocenters. The Balaban J connectivity index is 1.64. The molecule has 32 heavy (non-hydrogen) atoms. The average Bonchev–Trinajstić information content (AvgIpc) is 2.79. The van der Waals surface area contributed by atoms with Crippen LogP contribution in [0.2, 0.25) is 5.02 Å². The fourth-order valence-electron chi connectivity index (χ4n) is 2.84. The van der Waals surface area contributed by atoms with Crippen LogP contribution in [0.1, 0.15) is 5.56 Å². The topological polar surface area (TPSA) is 75.7 Å². The Kier molecular flexibility index (Phi) is 8.20. The Morgan fingerprint density at radius 2 is 1.69 bits per heavy atom. The van der Waals surface area contributed by atoms with Crippen LogP contribution in [0.15, 0.2) is 82.6 Å². The highest BCUT2D eigenvalue weighted by molar-refractivity contribution is 7.98. The number of methoxy groups -OCH3 is 1. The summed E-state index contributed by atoms with van der Waals surface area (Å²) in [6.45, 7) is -0.315. The number of nitrogens with one attached hydrogen (secondary N) is 1. The summed E-state index contributed by atoms with van der Waals surface area (Å²) in [5.41, 5.74) is 1.73.